The van der Waals surface area contributed by atoms with Crippen LogP contribution in [0.25, 0.3) is 5.69 Å². The number of esters is 1. The molecule has 2 N–H and O–H groups in total. The van der Waals surface area contributed by atoms with Crippen LogP contribution in [-0.2, 0) is 19.1 Å². The number of rotatable bonds is 6. The minimum atomic E-state index is -0.943. The number of nitrogens with one attached hydrogen (secondary N) is 2. The molecule has 180 valence electrons. The highest BCUT2D eigenvalue weighted by Gasteiger charge is 2.55. The molecule has 1 aliphatic carbocycles. The lowest BCUT2D eigenvalue weighted by molar-refractivity contribution is -0.150. The average Bonchev–Trinajstić information content (AvgIpc) is 3.23. The quantitative estimate of drug-likeness (QED) is 0.497. The van der Waals surface area contributed by atoms with Gasteiger partial charge in [0.15, 0.2) is 6.61 Å². The van der Waals surface area contributed by atoms with Crippen LogP contribution in [0.1, 0.15) is 44.0 Å². The number of aryl methyl sites for hydroxylation is 1. The van der Waals surface area contributed by atoms with Gasteiger partial charge in [-0.2, -0.15) is 5.10 Å². The zero-order chi connectivity index (χ0) is 24.5. The van der Waals surface area contributed by atoms with E-state index in [-0.39, 0.29) is 5.92 Å². The van der Waals surface area contributed by atoms with Crippen LogP contribution >= 0.6 is 0 Å². The van der Waals surface area contributed by atoms with Crippen molar-refractivity contribution < 1.29 is 23.9 Å². The normalized spacial score (nSPS) is 22.1. The fourth-order valence-corrected chi connectivity index (χ4v) is 4.78. The Kier molecular flexibility index (Phi) is 6.41. The number of ether oxygens (including phenoxy) is 1. The first kappa shape index (κ1) is 23.5. The number of hydrogen-bond donors (Lipinski definition) is 2. The molecule has 2 atom stereocenters. The van der Waals surface area contributed by atoms with Crippen LogP contribution in [0.15, 0.2) is 30.3 Å². The van der Waals surface area contributed by atoms with Crippen molar-refractivity contribution in [1.29, 1.82) is 0 Å². The highest BCUT2D eigenvalue weighted by molar-refractivity contribution is 6.09. The van der Waals surface area contributed by atoms with Crippen LogP contribution < -0.4 is 10.6 Å². The van der Waals surface area contributed by atoms with Gasteiger partial charge in [0.1, 0.15) is 12.1 Å². The molecular formula is C24H29N5O5. The second-order valence-electron chi connectivity index (χ2n) is 8.94. The van der Waals surface area contributed by atoms with Crippen molar-refractivity contribution in [2.24, 2.45) is 5.92 Å². The number of carbonyl (C=O) groups excluding carboxylic acids is 4. The molecule has 1 aromatic heterocycles. The summed E-state index contributed by atoms with van der Waals surface area (Å²) in [6, 6.07) is 8.90. The Balaban J connectivity index is 1.34. The van der Waals surface area contributed by atoms with Gasteiger partial charge >= 0.3 is 12.0 Å². The van der Waals surface area contributed by atoms with Gasteiger partial charge in [-0.25, -0.2) is 9.48 Å². The fraction of sp³-hybridized carbons (Fsp3) is 0.458. The Morgan fingerprint density at radius 1 is 1.21 bits per heavy atom. The first-order chi connectivity index (χ1) is 16.2. The van der Waals surface area contributed by atoms with Crippen molar-refractivity contribution in [2.75, 3.05) is 18.5 Å². The van der Waals surface area contributed by atoms with E-state index in [1.54, 1.807) is 11.6 Å². The second-order valence-corrected chi connectivity index (χ2v) is 8.94. The molecule has 1 saturated heterocycles. The van der Waals surface area contributed by atoms with Gasteiger partial charge in [0, 0.05) is 0 Å². The van der Waals surface area contributed by atoms with Crippen LogP contribution in [0.3, 0.4) is 0 Å². The van der Waals surface area contributed by atoms with Gasteiger partial charge < -0.3 is 15.4 Å². The molecule has 2 aliphatic rings. The van der Waals surface area contributed by atoms with Crippen LogP contribution in [0, 0.1) is 19.8 Å². The monoisotopic (exact) mass is 467 g/mol. The lowest BCUT2D eigenvalue weighted by Gasteiger charge is -2.36. The van der Waals surface area contributed by atoms with E-state index in [1.807, 2.05) is 44.2 Å². The molecule has 2 fully saturated rings. The third-order valence-corrected chi connectivity index (χ3v) is 6.71. The molecule has 0 radical (unpaired) electrons. The van der Waals surface area contributed by atoms with E-state index in [0.717, 1.165) is 35.5 Å². The fourth-order valence-electron chi connectivity index (χ4n) is 4.78. The van der Waals surface area contributed by atoms with Crippen molar-refractivity contribution in [3.63, 3.8) is 0 Å². The van der Waals surface area contributed by atoms with E-state index in [4.69, 9.17) is 4.74 Å². The number of amides is 4. The van der Waals surface area contributed by atoms with E-state index in [9.17, 15) is 19.2 Å². The largest absolute Gasteiger partial charge is 0.454 e. The molecule has 1 spiro atoms. The van der Waals surface area contributed by atoms with Crippen molar-refractivity contribution in [3.8, 4) is 5.69 Å². The summed E-state index contributed by atoms with van der Waals surface area (Å²) in [5.41, 5.74) is 1.80. The van der Waals surface area contributed by atoms with Crippen molar-refractivity contribution >= 4 is 29.5 Å². The van der Waals surface area contributed by atoms with Gasteiger partial charge in [0.05, 0.1) is 22.8 Å². The number of hydrogen-bond acceptors (Lipinski definition) is 6. The summed E-state index contributed by atoms with van der Waals surface area (Å²) < 4.78 is 6.78. The lowest BCUT2D eigenvalue weighted by atomic mass is 9.73. The van der Waals surface area contributed by atoms with E-state index in [0.29, 0.717) is 17.8 Å². The van der Waals surface area contributed by atoms with Crippen LogP contribution in [-0.4, -0.2) is 57.2 Å². The lowest BCUT2D eigenvalue weighted by Crippen LogP contribution is -2.54. The summed E-state index contributed by atoms with van der Waals surface area (Å²) in [5, 5.41) is 9.99. The molecule has 34 heavy (non-hydrogen) atoms. The summed E-state index contributed by atoms with van der Waals surface area (Å²) in [6.07, 6.45) is 3.24. The SMILES string of the molecule is Cc1nn(-c2ccccc2)c(C)c1NC(=O)COC(=O)CN1C(=O)NC2(CCCCC2C)C1=O. The third kappa shape index (κ3) is 4.27. The molecule has 2 heterocycles. The summed E-state index contributed by atoms with van der Waals surface area (Å²) >= 11 is 0. The van der Waals surface area contributed by atoms with Gasteiger partial charge in [-0.1, -0.05) is 38.0 Å². The van der Waals surface area contributed by atoms with E-state index in [2.05, 4.69) is 15.7 Å². The molecule has 1 saturated carbocycles. The minimum Gasteiger partial charge on any atom is -0.454 e. The number of aromatic nitrogens is 2. The highest BCUT2D eigenvalue weighted by Crippen LogP contribution is 2.38. The van der Waals surface area contributed by atoms with Gasteiger partial charge in [0.2, 0.25) is 0 Å². The molecule has 10 nitrogen and oxygen atoms in total. The summed E-state index contributed by atoms with van der Waals surface area (Å²) in [4.78, 5) is 51.0. The number of carbonyl (C=O) groups is 4. The summed E-state index contributed by atoms with van der Waals surface area (Å²) in [7, 11) is 0. The first-order valence-electron chi connectivity index (χ1n) is 11.4. The highest BCUT2D eigenvalue weighted by atomic mass is 16.5. The van der Waals surface area contributed by atoms with Crippen molar-refractivity contribution in [3.05, 3.63) is 41.7 Å². The standard InChI is InChI=1S/C24H29N5O5/c1-15-9-7-8-12-24(15)22(32)28(23(33)26-24)13-20(31)34-14-19(30)25-21-16(2)27-29(17(21)3)18-10-5-4-6-11-18/h4-6,10-11,15H,7-9,12-14H2,1-3H3,(H,25,30)(H,26,33). The minimum absolute atomic E-state index is 0.00669. The van der Waals surface area contributed by atoms with Gasteiger partial charge in [0.25, 0.3) is 11.8 Å². The molecule has 10 heteroatoms. The predicted octanol–water partition coefficient (Wildman–Crippen LogP) is 2.47. The molecule has 2 unspecified atom stereocenters. The average molecular weight is 468 g/mol. The Hall–Kier alpha value is -3.69. The third-order valence-electron chi connectivity index (χ3n) is 6.71. The number of para-hydroxylation sites is 1. The van der Waals surface area contributed by atoms with E-state index < -0.39 is 42.5 Å². The zero-order valence-electron chi connectivity index (χ0n) is 19.6. The molecule has 1 aromatic carbocycles. The number of anilines is 1. The molecule has 0 bridgehead atoms. The van der Waals surface area contributed by atoms with Crippen LogP contribution in [0.2, 0.25) is 0 Å². The Morgan fingerprint density at radius 3 is 2.65 bits per heavy atom. The molecule has 1 aliphatic heterocycles. The van der Waals surface area contributed by atoms with Crippen molar-refractivity contribution in [2.45, 2.75) is 52.0 Å². The Bertz CT molecular complexity index is 1130. The number of urea groups is 1. The van der Waals surface area contributed by atoms with Crippen LogP contribution in [0.5, 0.6) is 0 Å². The van der Waals surface area contributed by atoms with Crippen LogP contribution in [0.4, 0.5) is 10.5 Å². The molecule has 2 aromatic rings. The van der Waals surface area contributed by atoms with E-state index in [1.165, 1.54) is 0 Å². The Labute approximate surface area is 197 Å². The molecule has 4 amide bonds. The molecule has 4 rings (SSSR count). The smallest absolute Gasteiger partial charge is 0.326 e. The van der Waals surface area contributed by atoms with Gasteiger partial charge in [-0.05, 0) is 44.7 Å². The zero-order valence-corrected chi connectivity index (χ0v) is 19.6. The van der Waals surface area contributed by atoms with E-state index >= 15 is 0 Å². The number of benzene rings is 1. The van der Waals surface area contributed by atoms with Gasteiger partial charge in [-0.15, -0.1) is 0 Å². The summed E-state index contributed by atoms with van der Waals surface area (Å²) in [6.45, 7) is 4.46. The summed E-state index contributed by atoms with van der Waals surface area (Å²) in [5.74, 6) is -1.77. The first-order valence-corrected chi connectivity index (χ1v) is 11.4. The Morgan fingerprint density at radius 2 is 1.94 bits per heavy atom. The van der Waals surface area contributed by atoms with Gasteiger partial charge in [-0.3, -0.25) is 19.3 Å². The number of nitrogens with zero attached hydrogens (tertiary/aromatic N) is 3. The number of imide groups is 1. The molecular weight excluding hydrogens is 438 g/mol. The predicted molar refractivity (Wildman–Crippen MR) is 123 cm³/mol. The maximum atomic E-state index is 13.0. The van der Waals surface area contributed by atoms with Crippen molar-refractivity contribution in [1.82, 2.24) is 20.0 Å². The topological polar surface area (TPSA) is 123 Å². The maximum Gasteiger partial charge on any atom is 0.326 e. The maximum absolute atomic E-state index is 13.0. The second kappa shape index (κ2) is 9.28.